The van der Waals surface area contributed by atoms with Crippen molar-refractivity contribution in [2.24, 2.45) is 5.41 Å². The van der Waals surface area contributed by atoms with Crippen LogP contribution in [0.3, 0.4) is 0 Å². The largest absolute Gasteiger partial charge is 0.356 e. The second kappa shape index (κ2) is 6.76. The van der Waals surface area contributed by atoms with Crippen LogP contribution in [0.4, 0.5) is 0 Å². The zero-order valence-corrected chi connectivity index (χ0v) is 12.6. The molecule has 0 aliphatic heterocycles. The SMILES string of the molecule is CCC(C)(CNC(C)=O)CC(C)(CC)NC(C)=O. The van der Waals surface area contributed by atoms with Gasteiger partial charge in [0.1, 0.15) is 0 Å². The number of nitrogens with one attached hydrogen (secondary N) is 2. The number of amides is 2. The standard InChI is InChI=1S/C14H28N2O2/c1-7-13(5,10-15-11(3)17)9-14(6,8-2)16-12(4)18/h7-10H2,1-6H3,(H,15,17)(H,16,18). The summed E-state index contributed by atoms with van der Waals surface area (Å²) in [5.74, 6) is -0.00951. The van der Waals surface area contributed by atoms with Gasteiger partial charge in [-0.05, 0) is 31.6 Å². The van der Waals surface area contributed by atoms with Crippen molar-refractivity contribution >= 4 is 11.8 Å². The molecule has 0 heterocycles. The quantitative estimate of drug-likeness (QED) is 0.734. The third kappa shape index (κ3) is 6.03. The first kappa shape index (κ1) is 16.9. The molecule has 0 aliphatic carbocycles. The minimum Gasteiger partial charge on any atom is -0.356 e. The average Bonchev–Trinajstić information content (AvgIpc) is 2.25. The molecule has 0 rings (SSSR count). The van der Waals surface area contributed by atoms with Crippen LogP contribution < -0.4 is 10.6 Å². The van der Waals surface area contributed by atoms with Gasteiger partial charge in [-0.2, -0.15) is 0 Å². The Kier molecular flexibility index (Phi) is 6.36. The van der Waals surface area contributed by atoms with E-state index in [0.717, 1.165) is 19.3 Å². The highest BCUT2D eigenvalue weighted by molar-refractivity contribution is 5.74. The molecule has 0 aromatic heterocycles. The molecule has 0 bridgehead atoms. The zero-order valence-electron chi connectivity index (χ0n) is 12.6. The maximum atomic E-state index is 11.3. The van der Waals surface area contributed by atoms with Gasteiger partial charge in [0.05, 0.1) is 0 Å². The summed E-state index contributed by atoms with van der Waals surface area (Å²) in [6, 6.07) is 0. The molecule has 0 aromatic carbocycles. The Morgan fingerprint density at radius 1 is 1.00 bits per heavy atom. The summed E-state index contributed by atoms with van der Waals surface area (Å²) in [4.78, 5) is 22.3. The van der Waals surface area contributed by atoms with E-state index in [9.17, 15) is 9.59 Å². The number of carbonyl (C=O) groups is 2. The molecule has 18 heavy (non-hydrogen) atoms. The van der Waals surface area contributed by atoms with Gasteiger partial charge in [0.15, 0.2) is 0 Å². The second-order valence-corrected chi connectivity index (χ2v) is 5.85. The van der Waals surface area contributed by atoms with Gasteiger partial charge in [-0.15, -0.1) is 0 Å². The van der Waals surface area contributed by atoms with E-state index < -0.39 is 0 Å². The fraction of sp³-hybridized carbons (Fsp3) is 0.857. The molecule has 0 aromatic rings. The fourth-order valence-corrected chi connectivity index (χ4v) is 2.27. The topological polar surface area (TPSA) is 58.2 Å². The van der Waals surface area contributed by atoms with E-state index in [4.69, 9.17) is 0 Å². The monoisotopic (exact) mass is 256 g/mol. The summed E-state index contributed by atoms with van der Waals surface area (Å²) in [7, 11) is 0. The first-order valence-corrected chi connectivity index (χ1v) is 6.69. The first-order valence-electron chi connectivity index (χ1n) is 6.69. The number of hydrogen-bond donors (Lipinski definition) is 2. The van der Waals surface area contributed by atoms with Crippen molar-refractivity contribution in [1.82, 2.24) is 10.6 Å². The van der Waals surface area contributed by atoms with E-state index in [-0.39, 0.29) is 22.8 Å². The summed E-state index contributed by atoms with van der Waals surface area (Å²) < 4.78 is 0. The fourth-order valence-electron chi connectivity index (χ4n) is 2.27. The van der Waals surface area contributed by atoms with Crippen LogP contribution >= 0.6 is 0 Å². The van der Waals surface area contributed by atoms with Crippen LogP contribution in [0.1, 0.15) is 60.8 Å². The lowest BCUT2D eigenvalue weighted by Crippen LogP contribution is -2.49. The predicted molar refractivity (Wildman–Crippen MR) is 74.2 cm³/mol. The van der Waals surface area contributed by atoms with Gasteiger partial charge in [0.2, 0.25) is 11.8 Å². The van der Waals surface area contributed by atoms with Gasteiger partial charge >= 0.3 is 0 Å². The van der Waals surface area contributed by atoms with Gasteiger partial charge < -0.3 is 10.6 Å². The highest BCUT2D eigenvalue weighted by Crippen LogP contribution is 2.32. The van der Waals surface area contributed by atoms with Crippen LogP contribution in [0.25, 0.3) is 0 Å². The maximum absolute atomic E-state index is 11.3. The Morgan fingerprint density at radius 2 is 1.56 bits per heavy atom. The van der Waals surface area contributed by atoms with E-state index in [2.05, 4.69) is 38.3 Å². The lowest BCUT2D eigenvalue weighted by atomic mass is 9.74. The Bertz CT molecular complexity index is 304. The van der Waals surface area contributed by atoms with Crippen molar-refractivity contribution in [2.75, 3.05) is 6.54 Å². The van der Waals surface area contributed by atoms with Crippen LogP contribution in [-0.4, -0.2) is 23.9 Å². The highest BCUT2D eigenvalue weighted by Gasteiger charge is 2.33. The third-order valence-electron chi connectivity index (χ3n) is 3.69. The van der Waals surface area contributed by atoms with E-state index in [1.54, 1.807) is 6.92 Å². The van der Waals surface area contributed by atoms with Gasteiger partial charge in [-0.3, -0.25) is 9.59 Å². The van der Waals surface area contributed by atoms with Crippen LogP contribution in [-0.2, 0) is 9.59 Å². The third-order valence-corrected chi connectivity index (χ3v) is 3.69. The van der Waals surface area contributed by atoms with Crippen molar-refractivity contribution in [3.63, 3.8) is 0 Å². The molecule has 0 fully saturated rings. The minimum absolute atomic E-state index is 0.00111. The van der Waals surface area contributed by atoms with Gasteiger partial charge in [-0.25, -0.2) is 0 Å². The highest BCUT2D eigenvalue weighted by atomic mass is 16.2. The molecule has 2 atom stereocenters. The van der Waals surface area contributed by atoms with E-state index in [1.807, 2.05) is 0 Å². The maximum Gasteiger partial charge on any atom is 0.217 e. The number of carbonyl (C=O) groups excluding carboxylic acids is 2. The Hall–Kier alpha value is -1.06. The smallest absolute Gasteiger partial charge is 0.217 e. The summed E-state index contributed by atoms with van der Waals surface area (Å²) in [5.41, 5.74) is -0.214. The van der Waals surface area contributed by atoms with Crippen LogP contribution in [0.5, 0.6) is 0 Å². The first-order chi connectivity index (χ1) is 8.16. The minimum atomic E-state index is -0.213. The van der Waals surface area contributed by atoms with E-state index in [1.165, 1.54) is 6.92 Å². The molecule has 2 unspecified atom stereocenters. The Balaban J connectivity index is 4.73. The van der Waals surface area contributed by atoms with Crippen LogP contribution in [0.15, 0.2) is 0 Å². The van der Waals surface area contributed by atoms with Crippen LogP contribution in [0, 0.1) is 5.41 Å². The molecule has 0 spiro atoms. The Morgan fingerprint density at radius 3 is 1.89 bits per heavy atom. The number of hydrogen-bond acceptors (Lipinski definition) is 2. The van der Waals surface area contributed by atoms with Gasteiger partial charge in [0, 0.05) is 25.9 Å². The summed E-state index contributed by atoms with van der Waals surface area (Å²) in [6.07, 6.45) is 2.69. The van der Waals surface area contributed by atoms with E-state index in [0.29, 0.717) is 6.54 Å². The molecule has 0 aliphatic rings. The predicted octanol–water partition coefficient (Wildman–Crippen LogP) is 2.23. The average molecular weight is 256 g/mol. The lowest BCUT2D eigenvalue weighted by Gasteiger charge is -2.39. The molecule has 4 heteroatoms. The molecule has 0 saturated heterocycles. The molecule has 2 N–H and O–H groups in total. The zero-order chi connectivity index (χ0) is 14.4. The van der Waals surface area contributed by atoms with Crippen molar-refractivity contribution in [1.29, 1.82) is 0 Å². The second-order valence-electron chi connectivity index (χ2n) is 5.85. The molecule has 106 valence electrons. The van der Waals surface area contributed by atoms with Crippen molar-refractivity contribution in [2.45, 2.75) is 66.3 Å². The van der Waals surface area contributed by atoms with Crippen molar-refractivity contribution < 1.29 is 9.59 Å². The molecule has 4 nitrogen and oxygen atoms in total. The van der Waals surface area contributed by atoms with Crippen LogP contribution in [0.2, 0.25) is 0 Å². The summed E-state index contributed by atoms with van der Waals surface area (Å²) in [5, 5.41) is 5.92. The Labute approximate surface area is 111 Å². The molecule has 0 saturated carbocycles. The molecular formula is C14H28N2O2. The van der Waals surface area contributed by atoms with Gasteiger partial charge in [0.25, 0.3) is 0 Å². The van der Waals surface area contributed by atoms with E-state index >= 15 is 0 Å². The number of rotatable bonds is 7. The molecule has 2 amide bonds. The summed E-state index contributed by atoms with van der Waals surface area (Å²) >= 11 is 0. The molecule has 0 radical (unpaired) electrons. The van der Waals surface area contributed by atoms with Crippen molar-refractivity contribution in [3.05, 3.63) is 0 Å². The summed E-state index contributed by atoms with van der Waals surface area (Å²) in [6.45, 7) is 12.1. The lowest BCUT2D eigenvalue weighted by molar-refractivity contribution is -0.122. The molecular weight excluding hydrogens is 228 g/mol. The normalized spacial score (nSPS) is 17.4. The van der Waals surface area contributed by atoms with Gasteiger partial charge in [-0.1, -0.05) is 20.8 Å². The van der Waals surface area contributed by atoms with Crippen molar-refractivity contribution in [3.8, 4) is 0 Å².